The van der Waals surface area contributed by atoms with Crippen molar-refractivity contribution < 1.29 is 14.0 Å². The molecule has 1 aromatic heterocycles. The summed E-state index contributed by atoms with van der Waals surface area (Å²) in [5.74, 6) is 2.36. The molecule has 19 heavy (non-hydrogen) atoms. The molecule has 1 atom stereocenters. The summed E-state index contributed by atoms with van der Waals surface area (Å²) in [5, 5.41) is 3.89. The first-order valence-electron chi connectivity index (χ1n) is 5.99. The van der Waals surface area contributed by atoms with Crippen LogP contribution in [0.1, 0.15) is 30.2 Å². The molecular weight excluding hydrogens is 246 g/mol. The summed E-state index contributed by atoms with van der Waals surface area (Å²) < 4.78 is 15.6. The van der Waals surface area contributed by atoms with Gasteiger partial charge in [0.1, 0.15) is 11.5 Å². The van der Waals surface area contributed by atoms with Gasteiger partial charge in [-0.15, -0.1) is 0 Å². The quantitative estimate of drug-likeness (QED) is 0.883. The number of methoxy groups -OCH3 is 2. The van der Waals surface area contributed by atoms with E-state index < -0.39 is 6.04 Å². The van der Waals surface area contributed by atoms with Crippen molar-refractivity contribution in [1.82, 2.24) is 10.1 Å². The monoisotopic (exact) mass is 263 g/mol. The number of nitrogens with two attached hydrogens (primary N) is 1. The normalized spacial score (nSPS) is 12.2. The van der Waals surface area contributed by atoms with Crippen LogP contribution in [0.2, 0.25) is 0 Å². The molecule has 0 aliphatic carbocycles. The second-order valence-corrected chi connectivity index (χ2v) is 3.99. The number of rotatable bonds is 5. The Labute approximate surface area is 111 Å². The first kappa shape index (κ1) is 13.4. The van der Waals surface area contributed by atoms with E-state index in [0.29, 0.717) is 29.6 Å². The van der Waals surface area contributed by atoms with Gasteiger partial charge in [-0.3, -0.25) is 0 Å². The molecule has 6 nitrogen and oxygen atoms in total. The van der Waals surface area contributed by atoms with E-state index in [2.05, 4.69) is 10.1 Å². The lowest BCUT2D eigenvalue weighted by molar-refractivity contribution is 0.373. The lowest BCUT2D eigenvalue weighted by atomic mass is 10.1. The van der Waals surface area contributed by atoms with E-state index in [1.54, 1.807) is 20.3 Å². The fourth-order valence-electron chi connectivity index (χ4n) is 1.76. The summed E-state index contributed by atoms with van der Waals surface area (Å²) in [5.41, 5.74) is 6.92. The number of hydrogen-bond acceptors (Lipinski definition) is 6. The van der Waals surface area contributed by atoms with E-state index >= 15 is 0 Å². The van der Waals surface area contributed by atoms with E-state index in [9.17, 15) is 0 Å². The van der Waals surface area contributed by atoms with E-state index in [-0.39, 0.29) is 0 Å². The minimum absolute atomic E-state index is 0.434. The van der Waals surface area contributed by atoms with Crippen LogP contribution in [0.4, 0.5) is 0 Å². The molecule has 0 spiro atoms. The Kier molecular flexibility index (Phi) is 4.01. The highest BCUT2D eigenvalue weighted by Gasteiger charge is 2.20. The molecule has 6 heteroatoms. The van der Waals surface area contributed by atoms with E-state index in [4.69, 9.17) is 19.7 Å². The van der Waals surface area contributed by atoms with E-state index in [0.717, 1.165) is 5.56 Å². The molecule has 0 saturated carbocycles. The molecule has 2 aromatic rings. The average molecular weight is 263 g/mol. The van der Waals surface area contributed by atoms with Crippen LogP contribution in [-0.2, 0) is 6.42 Å². The van der Waals surface area contributed by atoms with Gasteiger partial charge >= 0.3 is 0 Å². The first-order chi connectivity index (χ1) is 9.19. The van der Waals surface area contributed by atoms with Gasteiger partial charge in [-0.05, 0) is 18.2 Å². The van der Waals surface area contributed by atoms with Gasteiger partial charge in [0, 0.05) is 12.0 Å². The first-order valence-corrected chi connectivity index (χ1v) is 5.99. The zero-order valence-corrected chi connectivity index (χ0v) is 11.2. The predicted octanol–water partition coefficient (Wildman–Crippen LogP) is 1.70. The molecular formula is C13H17N3O3. The molecule has 2 N–H and O–H groups in total. The van der Waals surface area contributed by atoms with Crippen LogP contribution in [0.25, 0.3) is 0 Å². The van der Waals surface area contributed by atoms with Gasteiger partial charge in [0.15, 0.2) is 5.82 Å². The average Bonchev–Trinajstić information content (AvgIpc) is 2.94. The van der Waals surface area contributed by atoms with E-state index in [1.165, 1.54) is 0 Å². The minimum Gasteiger partial charge on any atom is -0.497 e. The molecule has 0 radical (unpaired) electrons. The highest BCUT2D eigenvalue weighted by molar-refractivity contribution is 5.44. The van der Waals surface area contributed by atoms with Gasteiger partial charge in [-0.2, -0.15) is 4.98 Å². The summed E-state index contributed by atoms with van der Waals surface area (Å²) in [7, 11) is 3.19. The van der Waals surface area contributed by atoms with Crippen LogP contribution in [0.5, 0.6) is 11.5 Å². The zero-order chi connectivity index (χ0) is 13.8. The number of hydrogen-bond donors (Lipinski definition) is 1. The van der Waals surface area contributed by atoms with Crippen molar-refractivity contribution in [2.75, 3.05) is 14.2 Å². The number of benzene rings is 1. The molecule has 0 fully saturated rings. The third kappa shape index (κ3) is 2.68. The third-order valence-corrected chi connectivity index (χ3v) is 2.84. The van der Waals surface area contributed by atoms with E-state index in [1.807, 2.05) is 19.1 Å². The number of aromatic nitrogens is 2. The topological polar surface area (TPSA) is 83.4 Å². The highest BCUT2D eigenvalue weighted by Crippen LogP contribution is 2.30. The second-order valence-electron chi connectivity index (χ2n) is 3.99. The van der Waals surface area contributed by atoms with Crippen LogP contribution in [-0.4, -0.2) is 24.4 Å². The van der Waals surface area contributed by atoms with Gasteiger partial charge in [-0.1, -0.05) is 12.1 Å². The Balaban J connectivity index is 2.38. The summed E-state index contributed by atoms with van der Waals surface area (Å²) in [6.45, 7) is 1.94. The Morgan fingerprint density at radius 1 is 1.32 bits per heavy atom. The Morgan fingerprint density at radius 3 is 2.68 bits per heavy atom. The molecule has 102 valence electrons. The van der Waals surface area contributed by atoms with Crippen LogP contribution < -0.4 is 15.2 Å². The van der Waals surface area contributed by atoms with Crippen molar-refractivity contribution in [3.05, 3.63) is 35.5 Å². The molecule has 0 bridgehead atoms. The summed E-state index contributed by atoms with van der Waals surface area (Å²) in [6, 6.07) is 4.90. The molecule has 1 unspecified atom stereocenters. The zero-order valence-electron chi connectivity index (χ0n) is 11.2. The molecule has 2 rings (SSSR count). The third-order valence-electron chi connectivity index (χ3n) is 2.84. The fraction of sp³-hybridized carbons (Fsp3) is 0.385. The van der Waals surface area contributed by atoms with Gasteiger partial charge in [0.25, 0.3) is 0 Å². The lowest BCUT2D eigenvalue weighted by Gasteiger charge is -2.13. The van der Waals surface area contributed by atoms with Gasteiger partial charge in [0.2, 0.25) is 5.89 Å². The van der Waals surface area contributed by atoms with Gasteiger partial charge in [-0.25, -0.2) is 0 Å². The number of nitrogens with zero attached hydrogens (tertiary/aromatic N) is 2. The second kappa shape index (κ2) is 5.71. The van der Waals surface area contributed by atoms with Gasteiger partial charge < -0.3 is 19.7 Å². The maximum absolute atomic E-state index is 6.16. The van der Waals surface area contributed by atoms with Crippen LogP contribution >= 0.6 is 0 Å². The van der Waals surface area contributed by atoms with Crippen molar-refractivity contribution in [2.45, 2.75) is 19.4 Å². The summed E-state index contributed by atoms with van der Waals surface area (Å²) in [4.78, 5) is 4.24. The van der Waals surface area contributed by atoms with Crippen molar-refractivity contribution in [3.63, 3.8) is 0 Å². The predicted molar refractivity (Wildman–Crippen MR) is 69.3 cm³/mol. The molecule has 0 amide bonds. The molecule has 1 heterocycles. The molecule has 0 saturated heterocycles. The molecule has 1 aromatic carbocycles. The van der Waals surface area contributed by atoms with Crippen molar-refractivity contribution >= 4 is 0 Å². The minimum atomic E-state index is -0.519. The van der Waals surface area contributed by atoms with Crippen molar-refractivity contribution in [2.24, 2.45) is 5.73 Å². The maximum Gasteiger partial charge on any atom is 0.226 e. The van der Waals surface area contributed by atoms with Crippen LogP contribution in [0, 0.1) is 0 Å². The lowest BCUT2D eigenvalue weighted by Crippen LogP contribution is -2.15. The smallest absolute Gasteiger partial charge is 0.226 e. The highest BCUT2D eigenvalue weighted by atomic mass is 16.5. The molecule has 0 aliphatic heterocycles. The number of ether oxygens (including phenoxy) is 2. The fourth-order valence-corrected chi connectivity index (χ4v) is 1.76. The van der Waals surface area contributed by atoms with Crippen molar-refractivity contribution in [3.8, 4) is 11.5 Å². The summed E-state index contributed by atoms with van der Waals surface area (Å²) >= 11 is 0. The van der Waals surface area contributed by atoms with Crippen LogP contribution in [0.15, 0.2) is 22.7 Å². The molecule has 0 aliphatic rings. The summed E-state index contributed by atoms with van der Waals surface area (Å²) in [6.07, 6.45) is 0.676. The standard InChI is InChI=1S/C13H17N3O3/c1-4-11-15-13(16-19-11)12(14)9-7-8(17-2)5-6-10(9)18-3/h5-7,12H,4,14H2,1-3H3. The Bertz CT molecular complexity index is 554. The maximum atomic E-state index is 6.16. The van der Waals surface area contributed by atoms with Gasteiger partial charge in [0.05, 0.1) is 20.3 Å². The Hall–Kier alpha value is -2.08. The largest absolute Gasteiger partial charge is 0.497 e. The van der Waals surface area contributed by atoms with Crippen molar-refractivity contribution in [1.29, 1.82) is 0 Å². The SMILES string of the molecule is CCc1nc(C(N)c2cc(OC)ccc2OC)no1. The van der Waals surface area contributed by atoms with Crippen LogP contribution in [0.3, 0.4) is 0 Å². The Morgan fingerprint density at radius 2 is 2.11 bits per heavy atom. The number of aryl methyl sites for hydroxylation is 1.